The zero-order chi connectivity index (χ0) is 14.5. The van der Waals surface area contributed by atoms with E-state index in [9.17, 15) is 14.0 Å². The fourth-order valence-corrected chi connectivity index (χ4v) is 1.33. The highest BCUT2D eigenvalue weighted by Crippen LogP contribution is 2.05. The summed E-state index contributed by atoms with van der Waals surface area (Å²) >= 11 is 0. The fourth-order valence-electron chi connectivity index (χ4n) is 1.33. The molecule has 0 spiro atoms. The zero-order valence-corrected chi connectivity index (χ0v) is 10.9. The van der Waals surface area contributed by atoms with Gasteiger partial charge >= 0.3 is 12.0 Å². The topological polar surface area (TPSA) is 78.4 Å². The van der Waals surface area contributed by atoms with Crippen LogP contribution in [0, 0.1) is 0 Å². The van der Waals surface area contributed by atoms with E-state index < -0.39 is 24.2 Å². The van der Waals surface area contributed by atoms with E-state index in [2.05, 4.69) is 10.6 Å². The first-order valence-corrected chi connectivity index (χ1v) is 5.78. The molecule has 0 saturated carbocycles. The highest BCUT2D eigenvalue weighted by Gasteiger charge is 2.19. The van der Waals surface area contributed by atoms with Gasteiger partial charge in [-0.1, -0.05) is 12.1 Å². The Morgan fingerprint density at radius 1 is 1.26 bits per heavy atom. The monoisotopic (exact) mass is 268 g/mol. The van der Waals surface area contributed by atoms with Crippen molar-refractivity contribution >= 4 is 12.0 Å². The minimum absolute atomic E-state index is 0.187. The average Bonchev–Trinajstić information content (AvgIpc) is 2.36. The lowest BCUT2D eigenvalue weighted by Gasteiger charge is -2.22. The van der Waals surface area contributed by atoms with Crippen molar-refractivity contribution < 1.29 is 19.1 Å². The van der Waals surface area contributed by atoms with Crippen molar-refractivity contribution in [2.45, 2.75) is 25.9 Å². The quantitative estimate of drug-likeness (QED) is 0.763. The molecule has 0 bridgehead atoms. The molecule has 0 fully saturated rings. The van der Waals surface area contributed by atoms with E-state index in [1.165, 1.54) is 12.1 Å². The smallest absolute Gasteiger partial charge is 0.335 e. The molecular weight excluding hydrogens is 251 g/mol. The first kappa shape index (κ1) is 14.9. The van der Waals surface area contributed by atoms with Crippen molar-refractivity contribution in [3.63, 3.8) is 0 Å². The number of rotatable bonds is 5. The van der Waals surface area contributed by atoms with Gasteiger partial charge in [-0.15, -0.1) is 0 Å². The number of urea groups is 1. The number of carboxylic acids is 1. The number of carbonyl (C=O) groups excluding carboxylic acids is 1. The Morgan fingerprint density at radius 2 is 1.84 bits per heavy atom. The second-order valence-corrected chi connectivity index (χ2v) is 4.83. The maximum atomic E-state index is 12.5. The van der Waals surface area contributed by atoms with Crippen LogP contribution >= 0.6 is 0 Å². The Balaban J connectivity index is 2.48. The van der Waals surface area contributed by atoms with Crippen LogP contribution in [0.4, 0.5) is 9.18 Å². The van der Waals surface area contributed by atoms with Gasteiger partial charge in [0.2, 0.25) is 0 Å². The van der Waals surface area contributed by atoms with E-state index in [0.717, 1.165) is 5.56 Å². The van der Waals surface area contributed by atoms with E-state index in [0.29, 0.717) is 0 Å². The third-order valence-electron chi connectivity index (χ3n) is 2.44. The zero-order valence-electron chi connectivity index (χ0n) is 10.9. The van der Waals surface area contributed by atoms with Gasteiger partial charge in [-0.05, 0) is 31.5 Å². The molecule has 1 aromatic carbocycles. The van der Waals surface area contributed by atoms with Crippen LogP contribution in [0.2, 0.25) is 0 Å². The summed E-state index contributed by atoms with van der Waals surface area (Å²) in [5.74, 6) is -0.998. The minimum atomic E-state index is -0.998. The number of hydrogen-bond donors (Lipinski definition) is 3. The molecule has 1 rings (SSSR count). The van der Waals surface area contributed by atoms with Gasteiger partial charge in [0.25, 0.3) is 0 Å². The third-order valence-corrected chi connectivity index (χ3v) is 2.44. The molecule has 0 aliphatic rings. The molecule has 1 aromatic rings. The fraction of sp³-hybridized carbons (Fsp3) is 0.385. The van der Waals surface area contributed by atoms with Crippen molar-refractivity contribution in [2.24, 2.45) is 0 Å². The van der Waals surface area contributed by atoms with Gasteiger partial charge in [-0.2, -0.15) is 0 Å². The highest BCUT2D eigenvalue weighted by atomic mass is 19.1. The number of benzene rings is 1. The number of nitrogens with one attached hydrogen (secondary N) is 2. The minimum Gasteiger partial charge on any atom is -0.478 e. The maximum absolute atomic E-state index is 12.5. The standard InChI is InChI=1S/C13H17FN2O3/c1-13(2,8-14)16-12(19)15-7-9-3-5-10(6-4-9)11(17)18/h3-6H,7-8H2,1-2H3,(H,17,18)(H2,15,16,19). The Hall–Kier alpha value is -2.11. The number of halogens is 1. The predicted octanol–water partition coefficient (Wildman–Crippen LogP) is 1.93. The summed E-state index contributed by atoms with van der Waals surface area (Å²) < 4.78 is 12.5. The maximum Gasteiger partial charge on any atom is 0.335 e. The second kappa shape index (κ2) is 6.17. The number of aromatic carboxylic acids is 1. The summed E-state index contributed by atoms with van der Waals surface area (Å²) in [4.78, 5) is 22.1. The Morgan fingerprint density at radius 3 is 2.32 bits per heavy atom. The van der Waals surface area contributed by atoms with Crippen LogP contribution in [0.3, 0.4) is 0 Å². The molecule has 2 amide bonds. The van der Waals surface area contributed by atoms with Crippen molar-refractivity contribution in [1.29, 1.82) is 0 Å². The van der Waals surface area contributed by atoms with Gasteiger partial charge in [0.1, 0.15) is 6.67 Å². The van der Waals surface area contributed by atoms with Crippen LogP contribution in [0.15, 0.2) is 24.3 Å². The number of hydrogen-bond acceptors (Lipinski definition) is 2. The van der Waals surface area contributed by atoms with Crippen LogP contribution in [-0.4, -0.2) is 29.3 Å². The number of carbonyl (C=O) groups is 2. The van der Waals surface area contributed by atoms with Crippen molar-refractivity contribution in [1.82, 2.24) is 10.6 Å². The van der Waals surface area contributed by atoms with E-state index in [4.69, 9.17) is 5.11 Å². The van der Waals surface area contributed by atoms with Crippen LogP contribution in [0.25, 0.3) is 0 Å². The largest absolute Gasteiger partial charge is 0.478 e. The molecule has 0 aliphatic carbocycles. The summed E-state index contributed by atoms with van der Waals surface area (Å²) in [6, 6.07) is 5.68. The molecule has 5 nitrogen and oxygen atoms in total. The van der Waals surface area contributed by atoms with Crippen molar-refractivity contribution in [2.75, 3.05) is 6.67 Å². The van der Waals surface area contributed by atoms with Crippen molar-refractivity contribution in [3.05, 3.63) is 35.4 Å². The van der Waals surface area contributed by atoms with E-state index in [-0.39, 0.29) is 12.1 Å². The van der Waals surface area contributed by atoms with Crippen LogP contribution in [0.1, 0.15) is 29.8 Å². The van der Waals surface area contributed by atoms with Gasteiger partial charge < -0.3 is 15.7 Å². The summed E-state index contributed by atoms with van der Waals surface area (Å²) in [5, 5.41) is 13.8. The first-order valence-electron chi connectivity index (χ1n) is 5.78. The summed E-state index contributed by atoms with van der Waals surface area (Å²) in [5.41, 5.74) is 0.0435. The average molecular weight is 268 g/mol. The Bertz CT molecular complexity index is 457. The summed E-state index contributed by atoms with van der Waals surface area (Å²) in [7, 11) is 0. The Labute approximate surface area is 110 Å². The summed E-state index contributed by atoms with van der Waals surface area (Å²) in [6.45, 7) is 2.74. The normalized spacial score (nSPS) is 10.9. The van der Waals surface area contributed by atoms with Gasteiger partial charge in [0, 0.05) is 6.54 Å². The van der Waals surface area contributed by atoms with Crippen LogP contribution in [-0.2, 0) is 6.54 Å². The third kappa shape index (κ3) is 4.95. The van der Waals surface area contributed by atoms with E-state index in [1.807, 2.05) is 0 Å². The summed E-state index contributed by atoms with van der Waals surface area (Å²) in [6.07, 6.45) is 0. The van der Waals surface area contributed by atoms with E-state index >= 15 is 0 Å². The van der Waals surface area contributed by atoms with Crippen LogP contribution in [0.5, 0.6) is 0 Å². The molecule has 0 radical (unpaired) electrons. The molecule has 0 saturated heterocycles. The van der Waals surface area contributed by atoms with Crippen LogP contribution < -0.4 is 10.6 Å². The lowest BCUT2D eigenvalue weighted by Crippen LogP contribution is -2.49. The van der Waals surface area contributed by atoms with Gasteiger partial charge in [0.05, 0.1) is 11.1 Å². The lowest BCUT2D eigenvalue weighted by atomic mass is 10.1. The molecule has 0 aliphatic heterocycles. The van der Waals surface area contributed by atoms with Gasteiger partial charge in [-0.25, -0.2) is 14.0 Å². The molecule has 0 aromatic heterocycles. The first-order chi connectivity index (χ1) is 8.84. The molecule has 0 unspecified atom stereocenters. The highest BCUT2D eigenvalue weighted by molar-refractivity contribution is 5.87. The molecule has 0 atom stereocenters. The molecule has 0 heterocycles. The van der Waals surface area contributed by atoms with Gasteiger partial charge in [0.15, 0.2) is 0 Å². The molecule has 104 valence electrons. The SMILES string of the molecule is CC(C)(CF)NC(=O)NCc1ccc(C(=O)O)cc1. The van der Waals surface area contributed by atoms with Crippen molar-refractivity contribution in [3.8, 4) is 0 Å². The molecule has 19 heavy (non-hydrogen) atoms. The number of alkyl halides is 1. The second-order valence-electron chi connectivity index (χ2n) is 4.83. The number of amides is 2. The lowest BCUT2D eigenvalue weighted by molar-refractivity contribution is 0.0697. The predicted molar refractivity (Wildman–Crippen MR) is 68.8 cm³/mol. The molecular formula is C13H17FN2O3. The molecule has 3 N–H and O–H groups in total. The number of carboxylic acid groups (broad SMARTS) is 1. The Kier molecular flexibility index (Phi) is 4.86. The van der Waals surface area contributed by atoms with E-state index in [1.54, 1.807) is 26.0 Å². The van der Waals surface area contributed by atoms with Gasteiger partial charge in [-0.3, -0.25) is 0 Å². The molecule has 6 heteroatoms.